The molecule has 118 valence electrons. The summed E-state index contributed by atoms with van der Waals surface area (Å²) in [4.78, 5) is 7.75. The maximum Gasteiger partial charge on any atom is 0.255 e. The van der Waals surface area contributed by atoms with Crippen molar-refractivity contribution in [3.05, 3.63) is 53.9 Å². The first-order valence-corrected chi connectivity index (χ1v) is 6.76. The number of benzene rings is 1. The van der Waals surface area contributed by atoms with Gasteiger partial charge < -0.3 is 10.1 Å². The van der Waals surface area contributed by atoms with E-state index in [1.807, 2.05) is 0 Å². The van der Waals surface area contributed by atoms with Gasteiger partial charge >= 0.3 is 0 Å². The third-order valence-corrected chi connectivity index (χ3v) is 3.19. The van der Waals surface area contributed by atoms with E-state index in [1.54, 1.807) is 18.3 Å². The van der Waals surface area contributed by atoms with Gasteiger partial charge in [0.2, 0.25) is 11.8 Å². The molecule has 0 spiro atoms. The minimum atomic E-state index is -0.631. The molecule has 0 atom stereocenters. The zero-order chi connectivity index (χ0) is 16.2. The lowest BCUT2D eigenvalue weighted by Crippen LogP contribution is -2.05. The van der Waals surface area contributed by atoms with Crippen molar-refractivity contribution in [2.45, 2.75) is 6.54 Å². The SMILES string of the molecule is COc1nc(NCc2cn[nH]c2-c2ccc(F)cc2)ncc1F. The van der Waals surface area contributed by atoms with Crippen molar-refractivity contribution in [2.24, 2.45) is 0 Å². The number of ether oxygens (including phenoxy) is 1. The lowest BCUT2D eigenvalue weighted by Gasteiger charge is -2.07. The van der Waals surface area contributed by atoms with Crippen molar-refractivity contribution < 1.29 is 13.5 Å². The zero-order valence-electron chi connectivity index (χ0n) is 12.2. The Balaban J connectivity index is 1.77. The summed E-state index contributed by atoms with van der Waals surface area (Å²) < 4.78 is 31.1. The first kappa shape index (κ1) is 14.9. The largest absolute Gasteiger partial charge is 0.479 e. The number of anilines is 1. The second-order valence-electron chi connectivity index (χ2n) is 4.68. The molecule has 0 unspecified atom stereocenters. The number of H-pyrrole nitrogens is 1. The Labute approximate surface area is 130 Å². The topological polar surface area (TPSA) is 75.7 Å². The molecule has 0 radical (unpaired) electrons. The van der Waals surface area contributed by atoms with E-state index in [4.69, 9.17) is 4.74 Å². The molecule has 2 N–H and O–H groups in total. The number of halogens is 2. The van der Waals surface area contributed by atoms with E-state index in [0.29, 0.717) is 6.54 Å². The molecule has 8 heteroatoms. The van der Waals surface area contributed by atoms with Crippen LogP contribution >= 0.6 is 0 Å². The maximum absolute atomic E-state index is 13.3. The summed E-state index contributed by atoms with van der Waals surface area (Å²) in [6, 6.07) is 6.07. The van der Waals surface area contributed by atoms with Crippen LogP contribution in [0.5, 0.6) is 5.88 Å². The Morgan fingerprint density at radius 2 is 1.96 bits per heavy atom. The quantitative estimate of drug-likeness (QED) is 0.757. The lowest BCUT2D eigenvalue weighted by molar-refractivity contribution is 0.368. The van der Waals surface area contributed by atoms with Gasteiger partial charge in [-0.25, -0.2) is 9.37 Å². The summed E-state index contributed by atoms with van der Waals surface area (Å²) in [5, 5.41) is 9.84. The van der Waals surface area contributed by atoms with Crippen LogP contribution in [0, 0.1) is 11.6 Å². The average molecular weight is 317 g/mol. The summed E-state index contributed by atoms with van der Waals surface area (Å²) in [7, 11) is 1.33. The van der Waals surface area contributed by atoms with Gasteiger partial charge in [-0.1, -0.05) is 0 Å². The van der Waals surface area contributed by atoms with E-state index in [9.17, 15) is 8.78 Å². The van der Waals surface area contributed by atoms with Crippen molar-refractivity contribution in [3.63, 3.8) is 0 Å². The number of hydrogen-bond donors (Lipinski definition) is 2. The van der Waals surface area contributed by atoms with Gasteiger partial charge in [-0.2, -0.15) is 14.5 Å². The predicted molar refractivity (Wildman–Crippen MR) is 79.9 cm³/mol. The number of methoxy groups -OCH3 is 1. The molecule has 0 aliphatic heterocycles. The normalized spacial score (nSPS) is 10.6. The highest BCUT2D eigenvalue weighted by atomic mass is 19.1. The van der Waals surface area contributed by atoms with E-state index in [2.05, 4.69) is 25.5 Å². The molecule has 23 heavy (non-hydrogen) atoms. The number of nitrogens with zero attached hydrogens (tertiary/aromatic N) is 3. The fourth-order valence-electron chi connectivity index (χ4n) is 2.07. The van der Waals surface area contributed by atoms with Gasteiger partial charge in [0.1, 0.15) is 5.82 Å². The third-order valence-electron chi connectivity index (χ3n) is 3.19. The molecule has 0 saturated carbocycles. The highest BCUT2D eigenvalue weighted by Crippen LogP contribution is 2.22. The monoisotopic (exact) mass is 317 g/mol. The molecule has 0 fully saturated rings. The number of rotatable bonds is 5. The van der Waals surface area contributed by atoms with E-state index in [-0.39, 0.29) is 17.6 Å². The van der Waals surface area contributed by atoms with Gasteiger partial charge in [0, 0.05) is 17.7 Å². The smallest absolute Gasteiger partial charge is 0.255 e. The minimum Gasteiger partial charge on any atom is -0.479 e. The molecule has 2 heterocycles. The lowest BCUT2D eigenvalue weighted by atomic mass is 10.1. The summed E-state index contributed by atoms with van der Waals surface area (Å²) in [5.41, 5.74) is 2.40. The van der Waals surface area contributed by atoms with Crippen molar-refractivity contribution in [1.82, 2.24) is 20.2 Å². The van der Waals surface area contributed by atoms with Crippen LogP contribution in [-0.2, 0) is 6.54 Å². The third kappa shape index (κ3) is 3.25. The minimum absolute atomic E-state index is 0.131. The number of aromatic amines is 1. The van der Waals surface area contributed by atoms with Gasteiger partial charge in [-0.3, -0.25) is 5.10 Å². The Morgan fingerprint density at radius 1 is 1.17 bits per heavy atom. The van der Waals surface area contributed by atoms with Crippen molar-refractivity contribution in [1.29, 1.82) is 0 Å². The molecule has 0 saturated heterocycles. The molecule has 3 rings (SSSR count). The van der Waals surface area contributed by atoms with Crippen LogP contribution in [0.4, 0.5) is 14.7 Å². The van der Waals surface area contributed by atoms with E-state index < -0.39 is 5.82 Å². The van der Waals surface area contributed by atoms with Crippen LogP contribution in [0.25, 0.3) is 11.3 Å². The maximum atomic E-state index is 13.3. The van der Waals surface area contributed by atoms with E-state index >= 15 is 0 Å². The van der Waals surface area contributed by atoms with Crippen LogP contribution in [0.2, 0.25) is 0 Å². The molecule has 2 aromatic heterocycles. The van der Waals surface area contributed by atoms with Gasteiger partial charge in [0.25, 0.3) is 5.88 Å². The van der Waals surface area contributed by atoms with Crippen LogP contribution < -0.4 is 10.1 Å². The second kappa shape index (κ2) is 6.39. The molecule has 1 aromatic carbocycles. The summed E-state index contributed by atoms with van der Waals surface area (Å²) >= 11 is 0. The summed E-state index contributed by atoms with van der Waals surface area (Å²) in [6.07, 6.45) is 2.68. The van der Waals surface area contributed by atoms with Crippen molar-refractivity contribution >= 4 is 5.95 Å². The first-order chi connectivity index (χ1) is 11.2. The Hall–Kier alpha value is -3.03. The molecule has 0 aliphatic rings. The molecule has 3 aromatic rings. The Kier molecular flexibility index (Phi) is 4.13. The second-order valence-corrected chi connectivity index (χ2v) is 4.68. The van der Waals surface area contributed by atoms with Crippen LogP contribution in [-0.4, -0.2) is 27.3 Å². The van der Waals surface area contributed by atoms with Crippen LogP contribution in [0.15, 0.2) is 36.7 Å². The fourth-order valence-corrected chi connectivity index (χ4v) is 2.07. The van der Waals surface area contributed by atoms with Crippen LogP contribution in [0.1, 0.15) is 5.56 Å². The Morgan fingerprint density at radius 3 is 2.70 bits per heavy atom. The van der Waals surface area contributed by atoms with Crippen LogP contribution in [0.3, 0.4) is 0 Å². The highest BCUT2D eigenvalue weighted by Gasteiger charge is 2.10. The standard InChI is InChI=1S/C15H13F2N5O/c1-23-14-12(17)8-19-15(21-14)18-6-10-7-20-22-13(10)9-2-4-11(16)5-3-9/h2-5,7-8H,6H2,1H3,(H,20,22)(H,18,19,21). The molecule has 6 nitrogen and oxygen atoms in total. The van der Waals surface area contributed by atoms with Gasteiger partial charge in [0.05, 0.1) is 25.2 Å². The average Bonchev–Trinajstić information content (AvgIpc) is 3.03. The van der Waals surface area contributed by atoms with Gasteiger partial charge in [0.15, 0.2) is 0 Å². The molecule has 0 bridgehead atoms. The summed E-state index contributed by atoms with van der Waals surface area (Å²) in [5.74, 6) is -0.837. The fraction of sp³-hybridized carbons (Fsp3) is 0.133. The van der Waals surface area contributed by atoms with E-state index in [0.717, 1.165) is 23.0 Å². The Bertz CT molecular complexity index is 804. The first-order valence-electron chi connectivity index (χ1n) is 6.76. The molecular formula is C15H13F2N5O. The summed E-state index contributed by atoms with van der Waals surface area (Å²) in [6.45, 7) is 0.359. The molecule has 0 aliphatic carbocycles. The predicted octanol–water partition coefficient (Wildman–Crippen LogP) is 2.77. The van der Waals surface area contributed by atoms with E-state index in [1.165, 1.54) is 19.2 Å². The number of hydrogen-bond acceptors (Lipinski definition) is 5. The highest BCUT2D eigenvalue weighted by molar-refractivity contribution is 5.62. The molecular weight excluding hydrogens is 304 g/mol. The molecule has 0 amide bonds. The zero-order valence-corrected chi connectivity index (χ0v) is 12.2. The number of aromatic nitrogens is 4. The number of nitrogens with one attached hydrogen (secondary N) is 2. The van der Waals surface area contributed by atoms with Gasteiger partial charge in [-0.05, 0) is 24.3 Å². The van der Waals surface area contributed by atoms with Crippen molar-refractivity contribution in [3.8, 4) is 17.1 Å². The van der Waals surface area contributed by atoms with Gasteiger partial charge in [-0.15, -0.1) is 0 Å². The van der Waals surface area contributed by atoms with Crippen molar-refractivity contribution in [2.75, 3.05) is 12.4 Å².